The van der Waals surface area contributed by atoms with Gasteiger partial charge >= 0.3 is 5.97 Å². The second kappa shape index (κ2) is 4.08. The molecule has 0 spiro atoms. The molecular formula is C10H5N3O2S. The molecule has 0 unspecified atom stereocenters. The van der Waals surface area contributed by atoms with Crippen LogP contribution in [0.1, 0.15) is 15.9 Å². The van der Waals surface area contributed by atoms with Crippen molar-refractivity contribution in [2.45, 2.75) is 0 Å². The van der Waals surface area contributed by atoms with Crippen LogP contribution in [0.4, 0.5) is 0 Å². The Morgan fingerprint density at radius 3 is 2.81 bits per heavy atom. The van der Waals surface area contributed by atoms with Crippen molar-refractivity contribution in [1.82, 2.24) is 9.36 Å². The van der Waals surface area contributed by atoms with Crippen molar-refractivity contribution >= 4 is 17.5 Å². The zero-order chi connectivity index (χ0) is 11.5. The number of hydrogen-bond donors (Lipinski definition) is 1. The Bertz CT molecular complexity index is 568. The summed E-state index contributed by atoms with van der Waals surface area (Å²) in [6.07, 6.45) is 2.70. The van der Waals surface area contributed by atoms with E-state index in [9.17, 15) is 4.79 Å². The maximum absolute atomic E-state index is 10.9. The Kier molecular flexibility index (Phi) is 2.62. The fourth-order valence-corrected chi connectivity index (χ4v) is 1.89. The van der Waals surface area contributed by atoms with Crippen LogP contribution in [0.2, 0.25) is 0 Å². The number of carbonyl (C=O) groups is 1. The van der Waals surface area contributed by atoms with Crippen molar-refractivity contribution in [1.29, 1.82) is 5.26 Å². The molecule has 2 rings (SSSR count). The number of nitrogens with zero attached hydrogens (tertiary/aromatic N) is 3. The first-order chi connectivity index (χ1) is 7.72. The van der Waals surface area contributed by atoms with Gasteiger partial charge in [-0.2, -0.15) is 9.64 Å². The van der Waals surface area contributed by atoms with E-state index in [2.05, 4.69) is 9.36 Å². The molecule has 0 aliphatic rings. The van der Waals surface area contributed by atoms with E-state index in [0.29, 0.717) is 16.1 Å². The highest BCUT2D eigenvalue weighted by Gasteiger charge is 2.15. The van der Waals surface area contributed by atoms with Crippen molar-refractivity contribution in [2.75, 3.05) is 0 Å². The van der Waals surface area contributed by atoms with Gasteiger partial charge < -0.3 is 5.11 Å². The van der Waals surface area contributed by atoms with Crippen LogP contribution in [-0.2, 0) is 0 Å². The van der Waals surface area contributed by atoms with Crippen LogP contribution in [0.3, 0.4) is 0 Å². The summed E-state index contributed by atoms with van der Waals surface area (Å²) in [5, 5.41) is 17.5. The Balaban J connectivity index is 2.47. The van der Waals surface area contributed by atoms with E-state index in [-0.39, 0.29) is 5.56 Å². The zero-order valence-electron chi connectivity index (χ0n) is 7.91. The topological polar surface area (TPSA) is 86.9 Å². The summed E-state index contributed by atoms with van der Waals surface area (Å²) < 4.78 is 3.82. The number of hydrogen-bond acceptors (Lipinski definition) is 5. The van der Waals surface area contributed by atoms with Gasteiger partial charge in [-0.3, -0.25) is 4.98 Å². The number of aromatic nitrogens is 2. The maximum Gasteiger partial charge on any atom is 0.338 e. The Labute approximate surface area is 94.8 Å². The van der Waals surface area contributed by atoms with Gasteiger partial charge in [0, 0.05) is 6.20 Å². The van der Waals surface area contributed by atoms with E-state index in [1.54, 1.807) is 12.1 Å². The van der Waals surface area contributed by atoms with Crippen LogP contribution in [0, 0.1) is 11.3 Å². The molecule has 0 aromatic carbocycles. The van der Waals surface area contributed by atoms with Crippen molar-refractivity contribution in [3.05, 3.63) is 35.7 Å². The lowest BCUT2D eigenvalue weighted by atomic mass is 10.2. The van der Waals surface area contributed by atoms with E-state index >= 15 is 0 Å². The van der Waals surface area contributed by atoms with E-state index in [1.165, 1.54) is 12.4 Å². The van der Waals surface area contributed by atoms with Crippen molar-refractivity contribution in [3.8, 4) is 16.6 Å². The third-order valence-electron chi connectivity index (χ3n) is 1.93. The van der Waals surface area contributed by atoms with E-state index < -0.39 is 5.97 Å². The highest BCUT2D eigenvalue weighted by molar-refractivity contribution is 7.10. The first-order valence-corrected chi connectivity index (χ1v) is 5.04. The molecule has 0 saturated heterocycles. The minimum atomic E-state index is -1.03. The van der Waals surface area contributed by atoms with E-state index in [0.717, 1.165) is 11.5 Å². The second-order valence-electron chi connectivity index (χ2n) is 2.92. The van der Waals surface area contributed by atoms with Gasteiger partial charge in [-0.15, -0.1) is 0 Å². The van der Waals surface area contributed by atoms with Gasteiger partial charge in [0.25, 0.3) is 0 Å². The largest absolute Gasteiger partial charge is 0.478 e. The Morgan fingerprint density at radius 2 is 2.25 bits per heavy atom. The molecule has 0 aliphatic heterocycles. The molecule has 6 heteroatoms. The first-order valence-electron chi connectivity index (χ1n) is 4.27. The first kappa shape index (κ1) is 10.3. The summed E-state index contributed by atoms with van der Waals surface area (Å²) in [6.45, 7) is 0. The molecule has 1 N–H and O–H groups in total. The minimum absolute atomic E-state index is 0.127. The Hall–Kier alpha value is -2.26. The fourth-order valence-electron chi connectivity index (χ4n) is 1.17. The van der Waals surface area contributed by atoms with Gasteiger partial charge in [-0.1, -0.05) is 0 Å². The molecule has 0 atom stereocenters. The lowest BCUT2D eigenvalue weighted by Crippen LogP contribution is -1.96. The molecule has 0 saturated carbocycles. The van der Waals surface area contributed by atoms with E-state index in [1.807, 2.05) is 6.07 Å². The average molecular weight is 231 g/mol. The second-order valence-corrected chi connectivity index (χ2v) is 3.72. The van der Waals surface area contributed by atoms with Gasteiger partial charge in [-0.05, 0) is 23.7 Å². The van der Waals surface area contributed by atoms with Crippen LogP contribution in [0.25, 0.3) is 10.6 Å². The molecule has 2 heterocycles. The van der Waals surface area contributed by atoms with Crippen LogP contribution < -0.4 is 0 Å². The predicted molar refractivity (Wildman–Crippen MR) is 57.0 cm³/mol. The third-order valence-corrected chi connectivity index (χ3v) is 2.75. The molecule has 5 nitrogen and oxygen atoms in total. The number of carboxylic acids is 1. The zero-order valence-corrected chi connectivity index (χ0v) is 8.73. The quantitative estimate of drug-likeness (QED) is 0.851. The van der Waals surface area contributed by atoms with Gasteiger partial charge in [0.05, 0.1) is 27.9 Å². The molecule has 16 heavy (non-hydrogen) atoms. The van der Waals surface area contributed by atoms with E-state index in [4.69, 9.17) is 10.4 Å². The number of rotatable bonds is 2. The van der Waals surface area contributed by atoms with Gasteiger partial charge in [0.1, 0.15) is 6.07 Å². The number of carboxylic acid groups (broad SMARTS) is 1. The Morgan fingerprint density at radius 1 is 1.44 bits per heavy atom. The summed E-state index contributed by atoms with van der Waals surface area (Å²) in [4.78, 5) is 15.4. The summed E-state index contributed by atoms with van der Waals surface area (Å²) in [6, 6.07) is 5.15. The third kappa shape index (κ3) is 1.76. The van der Waals surface area contributed by atoms with Crippen LogP contribution in [-0.4, -0.2) is 20.4 Å². The summed E-state index contributed by atoms with van der Waals surface area (Å²) >= 11 is 1.07. The summed E-state index contributed by atoms with van der Waals surface area (Å²) in [7, 11) is 0. The van der Waals surface area contributed by atoms with Crippen LogP contribution in [0.5, 0.6) is 0 Å². The van der Waals surface area contributed by atoms with Crippen LogP contribution in [0.15, 0.2) is 24.5 Å². The van der Waals surface area contributed by atoms with Crippen molar-refractivity contribution < 1.29 is 9.90 Å². The maximum atomic E-state index is 10.9. The molecule has 0 fully saturated rings. The van der Waals surface area contributed by atoms with Crippen molar-refractivity contribution in [3.63, 3.8) is 0 Å². The summed E-state index contributed by atoms with van der Waals surface area (Å²) in [5.74, 6) is -1.03. The molecular weight excluding hydrogens is 226 g/mol. The standard InChI is InChI=1S/C10H5N3O2S/c11-3-6-1-2-8(12-4-6)9-7(10(14)15)5-13-16-9/h1-2,4-5H,(H,14,15). The van der Waals surface area contributed by atoms with Crippen molar-refractivity contribution in [2.24, 2.45) is 0 Å². The van der Waals surface area contributed by atoms with Gasteiger partial charge in [-0.25, -0.2) is 4.79 Å². The molecule has 2 aromatic rings. The highest BCUT2D eigenvalue weighted by atomic mass is 32.1. The fraction of sp³-hybridized carbons (Fsp3) is 0. The predicted octanol–water partition coefficient (Wildman–Crippen LogP) is 1.77. The van der Waals surface area contributed by atoms with Gasteiger partial charge in [0.15, 0.2) is 0 Å². The normalized spacial score (nSPS) is 9.69. The highest BCUT2D eigenvalue weighted by Crippen LogP contribution is 2.25. The SMILES string of the molecule is N#Cc1ccc(-c2sncc2C(=O)O)nc1. The molecule has 0 amide bonds. The lowest BCUT2D eigenvalue weighted by Gasteiger charge is -1.97. The molecule has 78 valence electrons. The average Bonchev–Trinajstić information content (AvgIpc) is 2.78. The number of nitriles is 1. The minimum Gasteiger partial charge on any atom is -0.478 e. The van der Waals surface area contributed by atoms with Crippen LogP contribution >= 0.6 is 11.5 Å². The number of pyridine rings is 1. The molecule has 0 bridgehead atoms. The van der Waals surface area contributed by atoms with Gasteiger partial charge in [0.2, 0.25) is 0 Å². The smallest absolute Gasteiger partial charge is 0.338 e. The molecule has 2 aromatic heterocycles. The number of aromatic carboxylic acids is 1. The monoisotopic (exact) mass is 231 g/mol. The molecule has 0 radical (unpaired) electrons. The molecule has 0 aliphatic carbocycles. The lowest BCUT2D eigenvalue weighted by molar-refractivity contribution is 0.0698. The summed E-state index contributed by atoms with van der Waals surface area (Å²) in [5.41, 5.74) is 1.08.